The Morgan fingerprint density at radius 2 is 1.86 bits per heavy atom. The van der Waals surface area contributed by atoms with E-state index in [0.29, 0.717) is 5.78 Å². The van der Waals surface area contributed by atoms with E-state index >= 15 is 0 Å². The van der Waals surface area contributed by atoms with Crippen molar-refractivity contribution in [3.8, 4) is 0 Å². The second-order valence-electron chi connectivity index (χ2n) is 1.83. The van der Waals surface area contributed by atoms with Crippen LogP contribution >= 0.6 is 0 Å². The van der Waals surface area contributed by atoms with E-state index in [0.717, 1.165) is 0 Å². The van der Waals surface area contributed by atoms with E-state index in [-0.39, 0.29) is 5.95 Å². The topological polar surface area (TPSA) is 69.1 Å². The van der Waals surface area contributed by atoms with Crippen molar-refractivity contribution in [2.75, 3.05) is 5.73 Å². The van der Waals surface area contributed by atoms with E-state index in [2.05, 4.69) is 15.1 Å². The summed E-state index contributed by atoms with van der Waals surface area (Å²) in [6.07, 6.45) is 3.38. The first kappa shape index (κ1) is 12.3. The molecule has 0 spiro atoms. The van der Waals surface area contributed by atoms with Crippen LogP contribution in [0.25, 0.3) is 5.78 Å². The van der Waals surface area contributed by atoms with Gasteiger partial charge in [0.2, 0.25) is 5.95 Å². The summed E-state index contributed by atoms with van der Waals surface area (Å²) in [5.41, 5.74) is 5.31. The number of hydrogen-bond acceptors (Lipinski definition) is 4. The minimum Gasteiger partial charge on any atom is -0.366 e. The Kier molecular flexibility index (Phi) is 6.02. The molecule has 0 bridgehead atoms. The minimum absolute atomic E-state index is 0.249. The van der Waals surface area contributed by atoms with Gasteiger partial charge in [-0.25, -0.2) is 9.50 Å². The molecule has 0 atom stereocenters. The van der Waals surface area contributed by atoms with Crippen molar-refractivity contribution >= 4 is 11.7 Å². The Bertz CT molecular complexity index is 322. The van der Waals surface area contributed by atoms with Gasteiger partial charge in [-0.3, -0.25) is 0 Å². The molecule has 0 aromatic carbocycles. The number of fused-ring (bicyclic) bond motifs is 1. The van der Waals surface area contributed by atoms with Crippen LogP contribution in [0.3, 0.4) is 0 Å². The van der Waals surface area contributed by atoms with E-state index in [1.165, 1.54) is 4.52 Å². The average molecular weight is 195 g/mol. The van der Waals surface area contributed by atoms with Crippen molar-refractivity contribution in [2.24, 2.45) is 0 Å². The predicted molar refractivity (Wildman–Crippen MR) is 57.9 cm³/mol. The normalized spacial score (nSPS) is 8.29. The molecular formula is C9H17N5. The molecular weight excluding hydrogens is 178 g/mol. The van der Waals surface area contributed by atoms with Gasteiger partial charge in [-0.1, -0.05) is 27.7 Å². The van der Waals surface area contributed by atoms with Crippen LogP contribution in [0, 0.1) is 0 Å². The summed E-state index contributed by atoms with van der Waals surface area (Å²) in [7, 11) is 0. The van der Waals surface area contributed by atoms with Crippen LogP contribution in [0.1, 0.15) is 27.7 Å². The quantitative estimate of drug-likeness (QED) is 0.695. The van der Waals surface area contributed by atoms with E-state index in [4.69, 9.17) is 5.73 Å². The zero-order chi connectivity index (χ0) is 11.0. The Morgan fingerprint density at radius 3 is 2.43 bits per heavy atom. The van der Waals surface area contributed by atoms with Crippen LogP contribution in [0.4, 0.5) is 5.95 Å². The molecule has 0 aliphatic carbocycles. The van der Waals surface area contributed by atoms with E-state index in [9.17, 15) is 0 Å². The second kappa shape index (κ2) is 6.82. The highest BCUT2D eigenvalue weighted by Gasteiger charge is 1.96. The van der Waals surface area contributed by atoms with Crippen LogP contribution in [-0.4, -0.2) is 19.6 Å². The fraction of sp³-hybridized carbons (Fsp3) is 0.444. The van der Waals surface area contributed by atoms with Gasteiger partial charge in [0.15, 0.2) is 0 Å². The van der Waals surface area contributed by atoms with Gasteiger partial charge >= 0.3 is 0 Å². The lowest BCUT2D eigenvalue weighted by atomic mass is 10.7. The molecule has 0 aliphatic rings. The fourth-order valence-corrected chi connectivity index (χ4v) is 0.749. The Hall–Kier alpha value is -1.65. The van der Waals surface area contributed by atoms with Crippen LogP contribution in [0.5, 0.6) is 0 Å². The minimum atomic E-state index is 0.249. The molecule has 0 saturated carbocycles. The molecule has 14 heavy (non-hydrogen) atoms. The number of aromatic nitrogens is 4. The molecule has 0 fully saturated rings. The third kappa shape index (κ3) is 3.01. The Balaban J connectivity index is 0.000000379. The van der Waals surface area contributed by atoms with Gasteiger partial charge < -0.3 is 5.73 Å². The lowest BCUT2D eigenvalue weighted by molar-refractivity contribution is 0.944. The number of rotatable bonds is 0. The molecule has 5 heteroatoms. The molecule has 0 radical (unpaired) electrons. The van der Waals surface area contributed by atoms with E-state index in [1.54, 1.807) is 18.5 Å². The highest BCUT2D eigenvalue weighted by atomic mass is 15.3. The molecule has 2 aromatic heterocycles. The monoisotopic (exact) mass is 195 g/mol. The Morgan fingerprint density at radius 1 is 1.21 bits per heavy atom. The van der Waals surface area contributed by atoms with Crippen LogP contribution < -0.4 is 5.73 Å². The molecule has 2 heterocycles. The van der Waals surface area contributed by atoms with Crippen molar-refractivity contribution in [1.82, 2.24) is 19.6 Å². The highest BCUT2D eigenvalue weighted by molar-refractivity contribution is 5.31. The van der Waals surface area contributed by atoms with Gasteiger partial charge in [0.1, 0.15) is 0 Å². The van der Waals surface area contributed by atoms with Crippen molar-refractivity contribution in [1.29, 1.82) is 0 Å². The third-order valence-corrected chi connectivity index (χ3v) is 1.13. The number of nitrogens with zero attached hydrogens (tertiary/aromatic N) is 4. The van der Waals surface area contributed by atoms with Gasteiger partial charge in [0.05, 0.1) is 0 Å². The maximum absolute atomic E-state index is 5.31. The van der Waals surface area contributed by atoms with Crippen LogP contribution in [-0.2, 0) is 0 Å². The van der Waals surface area contributed by atoms with Crippen molar-refractivity contribution in [3.05, 3.63) is 18.5 Å². The first-order chi connectivity index (χ1) is 6.86. The molecule has 0 unspecified atom stereocenters. The number of nitrogen functional groups attached to an aromatic ring is 1. The largest absolute Gasteiger partial charge is 0.366 e. The summed E-state index contributed by atoms with van der Waals surface area (Å²) < 4.78 is 1.52. The first-order valence-electron chi connectivity index (χ1n) is 4.79. The zero-order valence-corrected chi connectivity index (χ0v) is 9.10. The van der Waals surface area contributed by atoms with Crippen LogP contribution in [0.2, 0.25) is 0 Å². The number of nitrogens with two attached hydrogens (primary N) is 1. The zero-order valence-electron chi connectivity index (χ0n) is 9.10. The van der Waals surface area contributed by atoms with Gasteiger partial charge in [-0.05, 0) is 6.07 Å². The van der Waals surface area contributed by atoms with Crippen molar-refractivity contribution in [2.45, 2.75) is 27.7 Å². The van der Waals surface area contributed by atoms with E-state index < -0.39 is 0 Å². The van der Waals surface area contributed by atoms with Crippen molar-refractivity contribution < 1.29 is 0 Å². The van der Waals surface area contributed by atoms with E-state index in [1.807, 2.05) is 27.7 Å². The molecule has 0 amide bonds. The lowest BCUT2D eigenvalue weighted by Gasteiger charge is -1.83. The SMILES string of the molecule is CC.CC.Nc1nc2ncccn2n1. The lowest BCUT2D eigenvalue weighted by Crippen LogP contribution is -1.88. The number of anilines is 1. The molecule has 0 aliphatic heterocycles. The average Bonchev–Trinajstić information content (AvgIpc) is 2.64. The summed E-state index contributed by atoms with van der Waals surface area (Å²) >= 11 is 0. The summed E-state index contributed by atoms with van der Waals surface area (Å²) in [6.45, 7) is 8.00. The van der Waals surface area contributed by atoms with Crippen LogP contribution in [0.15, 0.2) is 18.5 Å². The second-order valence-corrected chi connectivity index (χ2v) is 1.83. The molecule has 0 saturated heterocycles. The predicted octanol–water partition coefficient (Wildman–Crippen LogP) is 1.76. The fourth-order valence-electron chi connectivity index (χ4n) is 0.749. The first-order valence-corrected chi connectivity index (χ1v) is 4.79. The molecule has 2 rings (SSSR count). The summed E-state index contributed by atoms with van der Waals surface area (Å²) in [6, 6.07) is 1.76. The maximum Gasteiger partial charge on any atom is 0.253 e. The van der Waals surface area contributed by atoms with Gasteiger partial charge in [-0.15, -0.1) is 5.10 Å². The van der Waals surface area contributed by atoms with Gasteiger partial charge in [-0.2, -0.15) is 4.98 Å². The summed E-state index contributed by atoms with van der Waals surface area (Å²) in [4.78, 5) is 7.74. The third-order valence-electron chi connectivity index (χ3n) is 1.13. The molecule has 5 nitrogen and oxygen atoms in total. The molecule has 2 N–H and O–H groups in total. The highest BCUT2D eigenvalue weighted by Crippen LogP contribution is 1.95. The number of hydrogen-bond donors (Lipinski definition) is 1. The standard InChI is InChI=1S/C5H5N5.2C2H6/c6-4-8-5-7-2-1-3-10(5)9-4;2*1-2/h1-3H,(H2,6,9);2*1-2H3. The van der Waals surface area contributed by atoms with Gasteiger partial charge in [0.25, 0.3) is 5.78 Å². The summed E-state index contributed by atoms with van der Waals surface area (Å²) in [5.74, 6) is 0.777. The van der Waals surface area contributed by atoms with Crippen molar-refractivity contribution in [3.63, 3.8) is 0 Å². The molecule has 78 valence electrons. The smallest absolute Gasteiger partial charge is 0.253 e. The van der Waals surface area contributed by atoms with Gasteiger partial charge in [0, 0.05) is 12.4 Å². The Labute approximate surface area is 84.0 Å². The maximum atomic E-state index is 5.31. The molecule has 2 aromatic rings. The summed E-state index contributed by atoms with van der Waals surface area (Å²) in [5, 5.41) is 3.83.